The molecular formula is C24H32N4O4. The van der Waals surface area contributed by atoms with Gasteiger partial charge in [0.05, 0.1) is 18.1 Å². The van der Waals surface area contributed by atoms with Crippen LogP contribution in [0.3, 0.4) is 0 Å². The van der Waals surface area contributed by atoms with Gasteiger partial charge in [-0.1, -0.05) is 44.2 Å². The quantitative estimate of drug-likeness (QED) is 0.476. The molecule has 1 aliphatic heterocycles. The molecule has 2 aromatic carbocycles. The molecule has 2 aromatic rings. The Kier molecular flexibility index (Phi) is 8.19. The minimum atomic E-state index is -0.404. The van der Waals surface area contributed by atoms with Crippen LogP contribution in [-0.2, 0) is 11.3 Å². The van der Waals surface area contributed by atoms with E-state index in [4.69, 9.17) is 0 Å². The lowest BCUT2D eigenvalue weighted by atomic mass is 10.0. The molecule has 0 saturated carbocycles. The van der Waals surface area contributed by atoms with Gasteiger partial charge in [-0.05, 0) is 23.6 Å². The number of hydrogen-bond acceptors (Lipinski definition) is 6. The monoisotopic (exact) mass is 440 g/mol. The molecule has 1 unspecified atom stereocenters. The lowest BCUT2D eigenvalue weighted by Crippen LogP contribution is -2.53. The van der Waals surface area contributed by atoms with Gasteiger partial charge in [-0.25, -0.2) is 0 Å². The molecule has 1 aliphatic rings. The number of nitrogens with zero attached hydrogens (tertiary/aromatic N) is 4. The van der Waals surface area contributed by atoms with E-state index < -0.39 is 4.92 Å². The molecule has 1 amide bonds. The summed E-state index contributed by atoms with van der Waals surface area (Å²) in [4.78, 5) is 29.6. The molecule has 32 heavy (non-hydrogen) atoms. The third-order valence-electron chi connectivity index (χ3n) is 6.05. The maximum atomic E-state index is 13.1. The van der Waals surface area contributed by atoms with Gasteiger partial charge in [-0.2, -0.15) is 0 Å². The van der Waals surface area contributed by atoms with Gasteiger partial charge in [-0.15, -0.1) is 0 Å². The Hall–Kier alpha value is -2.97. The number of rotatable bonds is 9. The van der Waals surface area contributed by atoms with Crippen LogP contribution >= 0.6 is 0 Å². The highest BCUT2D eigenvalue weighted by atomic mass is 16.6. The summed E-state index contributed by atoms with van der Waals surface area (Å²) in [6.45, 7) is 7.55. The molecule has 0 bridgehead atoms. The van der Waals surface area contributed by atoms with E-state index in [1.54, 1.807) is 12.1 Å². The van der Waals surface area contributed by atoms with Crippen molar-refractivity contribution in [3.63, 3.8) is 0 Å². The summed E-state index contributed by atoms with van der Waals surface area (Å²) in [5, 5.41) is 20.8. The van der Waals surface area contributed by atoms with E-state index in [2.05, 4.69) is 23.6 Å². The van der Waals surface area contributed by atoms with Gasteiger partial charge in [-0.3, -0.25) is 19.8 Å². The Morgan fingerprint density at radius 1 is 1.06 bits per heavy atom. The summed E-state index contributed by atoms with van der Waals surface area (Å²) in [5.41, 5.74) is 2.11. The topological polar surface area (TPSA) is 90.2 Å². The molecule has 1 saturated heterocycles. The number of piperazine rings is 1. The predicted molar refractivity (Wildman–Crippen MR) is 124 cm³/mol. The van der Waals surface area contributed by atoms with Gasteiger partial charge < -0.3 is 14.9 Å². The molecule has 172 valence electrons. The zero-order valence-corrected chi connectivity index (χ0v) is 18.8. The summed E-state index contributed by atoms with van der Waals surface area (Å²) in [6.07, 6.45) is 0. The van der Waals surface area contributed by atoms with E-state index in [1.165, 1.54) is 12.1 Å². The first kappa shape index (κ1) is 23.7. The molecule has 3 rings (SSSR count). The maximum Gasteiger partial charge on any atom is 0.269 e. The van der Waals surface area contributed by atoms with E-state index in [0.29, 0.717) is 32.7 Å². The van der Waals surface area contributed by atoms with Crippen LogP contribution in [0.4, 0.5) is 11.4 Å². The number of non-ortho nitro benzene ring substituents is 1. The van der Waals surface area contributed by atoms with Crippen LogP contribution in [0.2, 0.25) is 0 Å². The van der Waals surface area contributed by atoms with Crippen LogP contribution in [-0.4, -0.2) is 71.1 Å². The summed E-state index contributed by atoms with van der Waals surface area (Å²) < 4.78 is 0. The minimum Gasteiger partial charge on any atom is -0.395 e. The van der Waals surface area contributed by atoms with E-state index in [0.717, 1.165) is 11.3 Å². The summed E-state index contributed by atoms with van der Waals surface area (Å²) >= 11 is 0. The van der Waals surface area contributed by atoms with Crippen molar-refractivity contribution < 1.29 is 14.8 Å². The van der Waals surface area contributed by atoms with Gasteiger partial charge >= 0.3 is 0 Å². The third kappa shape index (κ3) is 6.05. The number of nitro benzene ring substituents is 1. The molecular weight excluding hydrogens is 408 g/mol. The van der Waals surface area contributed by atoms with Crippen molar-refractivity contribution in [2.24, 2.45) is 5.92 Å². The van der Waals surface area contributed by atoms with Gasteiger partial charge in [0.1, 0.15) is 0 Å². The fourth-order valence-electron chi connectivity index (χ4n) is 4.13. The standard InChI is InChI=1S/C24H32N4O4/c1-19(2)23(18-29)27(16-20-6-4-3-5-7-20)17-24(30)26-14-12-25(13-15-26)21-8-10-22(11-9-21)28(31)32/h3-11,19,23,29H,12-18H2,1-2H3. The summed E-state index contributed by atoms with van der Waals surface area (Å²) in [7, 11) is 0. The number of amides is 1. The van der Waals surface area contributed by atoms with Crippen LogP contribution in [0.25, 0.3) is 0 Å². The first-order valence-electron chi connectivity index (χ1n) is 11.0. The second-order valence-electron chi connectivity index (χ2n) is 8.53. The number of nitro groups is 1. The highest BCUT2D eigenvalue weighted by Crippen LogP contribution is 2.21. The average molecular weight is 441 g/mol. The molecule has 0 spiro atoms. The second kappa shape index (κ2) is 11.1. The predicted octanol–water partition coefficient (Wildman–Crippen LogP) is 2.76. The van der Waals surface area contributed by atoms with E-state index >= 15 is 0 Å². The fraction of sp³-hybridized carbons (Fsp3) is 0.458. The highest BCUT2D eigenvalue weighted by Gasteiger charge is 2.27. The molecule has 0 aliphatic carbocycles. The van der Waals surface area contributed by atoms with Crippen molar-refractivity contribution in [2.75, 3.05) is 44.2 Å². The summed E-state index contributed by atoms with van der Waals surface area (Å²) in [5.74, 6) is 0.277. The molecule has 0 radical (unpaired) electrons. The Morgan fingerprint density at radius 2 is 1.69 bits per heavy atom. The Morgan fingerprint density at radius 3 is 2.22 bits per heavy atom. The number of anilines is 1. The second-order valence-corrected chi connectivity index (χ2v) is 8.53. The van der Waals surface area contributed by atoms with Gasteiger partial charge in [0.2, 0.25) is 5.91 Å². The maximum absolute atomic E-state index is 13.1. The SMILES string of the molecule is CC(C)C(CO)N(CC(=O)N1CCN(c2ccc([N+](=O)[O-])cc2)CC1)Cc1ccccc1. The van der Waals surface area contributed by atoms with E-state index in [1.807, 2.05) is 35.2 Å². The number of aliphatic hydroxyl groups is 1. The van der Waals surface area contributed by atoms with Crippen LogP contribution in [0.5, 0.6) is 0 Å². The molecule has 1 heterocycles. The van der Waals surface area contributed by atoms with Crippen LogP contribution in [0.15, 0.2) is 54.6 Å². The average Bonchev–Trinajstić information content (AvgIpc) is 2.80. The van der Waals surface area contributed by atoms with Gasteiger partial charge in [0.15, 0.2) is 0 Å². The molecule has 1 atom stereocenters. The first-order chi connectivity index (χ1) is 15.4. The van der Waals surface area contributed by atoms with Crippen molar-refractivity contribution in [3.8, 4) is 0 Å². The highest BCUT2D eigenvalue weighted by molar-refractivity contribution is 5.78. The van der Waals surface area contributed by atoms with Crippen molar-refractivity contribution in [1.82, 2.24) is 9.80 Å². The molecule has 1 fully saturated rings. The normalized spacial score (nSPS) is 15.3. The van der Waals surface area contributed by atoms with E-state index in [-0.39, 0.29) is 36.7 Å². The largest absolute Gasteiger partial charge is 0.395 e. The number of carbonyl (C=O) groups excluding carboxylic acids is 1. The lowest BCUT2D eigenvalue weighted by molar-refractivity contribution is -0.384. The van der Waals surface area contributed by atoms with Crippen molar-refractivity contribution in [1.29, 1.82) is 0 Å². The Bertz CT molecular complexity index is 881. The first-order valence-corrected chi connectivity index (χ1v) is 11.0. The smallest absolute Gasteiger partial charge is 0.269 e. The van der Waals surface area contributed by atoms with E-state index in [9.17, 15) is 20.0 Å². The molecule has 1 N–H and O–H groups in total. The van der Waals surface area contributed by atoms with Gasteiger partial charge in [0.25, 0.3) is 5.69 Å². The van der Waals surface area contributed by atoms with Crippen LogP contribution < -0.4 is 4.90 Å². The Labute approximate surface area is 189 Å². The number of carbonyl (C=O) groups is 1. The minimum absolute atomic E-state index is 0.00566. The molecule has 8 heteroatoms. The fourth-order valence-corrected chi connectivity index (χ4v) is 4.13. The third-order valence-corrected chi connectivity index (χ3v) is 6.05. The number of benzene rings is 2. The van der Waals surface area contributed by atoms with Crippen molar-refractivity contribution in [2.45, 2.75) is 26.4 Å². The number of aliphatic hydroxyl groups excluding tert-OH is 1. The zero-order chi connectivity index (χ0) is 23.1. The molecule has 8 nitrogen and oxygen atoms in total. The molecule has 0 aromatic heterocycles. The number of hydrogen-bond donors (Lipinski definition) is 1. The van der Waals surface area contributed by atoms with Crippen LogP contribution in [0, 0.1) is 16.0 Å². The van der Waals surface area contributed by atoms with Crippen molar-refractivity contribution in [3.05, 3.63) is 70.3 Å². The zero-order valence-electron chi connectivity index (χ0n) is 18.8. The van der Waals surface area contributed by atoms with Crippen LogP contribution in [0.1, 0.15) is 19.4 Å². The Balaban J connectivity index is 1.61. The van der Waals surface area contributed by atoms with Gasteiger partial charge in [0, 0.05) is 56.6 Å². The summed E-state index contributed by atoms with van der Waals surface area (Å²) in [6, 6.07) is 16.4. The lowest BCUT2D eigenvalue weighted by Gasteiger charge is -2.38. The van der Waals surface area contributed by atoms with Crippen molar-refractivity contribution >= 4 is 17.3 Å².